The predicted octanol–water partition coefficient (Wildman–Crippen LogP) is 0.597. The molecular weight excluding hydrogens is 296 g/mol. The molecule has 0 fully saturated rings. The standard InChI is InChI=1S/C10H14O7S2/c1-8-3-4-9(7-10(8)16-2)18(11,12)6-5-17-19(13,14)15/h3-4,7H,5-6H2,1-2H3,(H,13,14,15). The monoisotopic (exact) mass is 310 g/mol. The molecule has 9 heteroatoms. The van der Waals surface area contributed by atoms with Crippen LogP contribution in [-0.4, -0.2) is 40.9 Å². The summed E-state index contributed by atoms with van der Waals surface area (Å²) in [6.45, 7) is 1.11. The normalized spacial score (nSPS) is 12.4. The lowest BCUT2D eigenvalue weighted by Gasteiger charge is -2.08. The quantitative estimate of drug-likeness (QED) is 0.766. The lowest BCUT2D eigenvalue weighted by atomic mass is 10.2. The van der Waals surface area contributed by atoms with Crippen LogP contribution in [0.15, 0.2) is 23.1 Å². The van der Waals surface area contributed by atoms with E-state index in [-0.39, 0.29) is 4.90 Å². The SMILES string of the molecule is COc1cc(S(=O)(=O)CCOS(=O)(=O)O)ccc1C. The Labute approximate surface area is 112 Å². The van der Waals surface area contributed by atoms with Crippen LogP contribution in [0.25, 0.3) is 0 Å². The Morgan fingerprint density at radius 3 is 2.37 bits per heavy atom. The first-order chi connectivity index (χ1) is 8.65. The van der Waals surface area contributed by atoms with Crippen LogP contribution in [-0.2, 0) is 24.4 Å². The summed E-state index contributed by atoms with van der Waals surface area (Å²) in [5.74, 6) is -0.157. The maximum Gasteiger partial charge on any atom is 0.397 e. The fourth-order valence-electron chi connectivity index (χ4n) is 1.36. The van der Waals surface area contributed by atoms with E-state index in [2.05, 4.69) is 4.18 Å². The van der Waals surface area contributed by atoms with Crippen LogP contribution in [0.4, 0.5) is 0 Å². The van der Waals surface area contributed by atoms with Gasteiger partial charge in [-0.25, -0.2) is 12.6 Å². The Kier molecular flexibility index (Phi) is 4.91. The molecule has 0 spiro atoms. The molecule has 7 nitrogen and oxygen atoms in total. The molecule has 19 heavy (non-hydrogen) atoms. The van der Waals surface area contributed by atoms with Crippen molar-refractivity contribution in [3.8, 4) is 5.75 Å². The molecule has 0 aliphatic carbocycles. The van der Waals surface area contributed by atoms with Gasteiger partial charge >= 0.3 is 10.4 Å². The van der Waals surface area contributed by atoms with E-state index in [0.717, 1.165) is 5.56 Å². The van der Waals surface area contributed by atoms with E-state index in [1.807, 2.05) is 0 Å². The van der Waals surface area contributed by atoms with E-state index in [1.54, 1.807) is 13.0 Å². The number of methoxy groups -OCH3 is 1. The molecule has 0 amide bonds. The van der Waals surface area contributed by atoms with Crippen LogP contribution in [0.1, 0.15) is 5.56 Å². The molecule has 0 aliphatic rings. The first-order valence-corrected chi connectivity index (χ1v) is 8.17. The Morgan fingerprint density at radius 2 is 1.84 bits per heavy atom. The molecule has 0 aromatic heterocycles. The highest BCUT2D eigenvalue weighted by molar-refractivity contribution is 7.91. The van der Waals surface area contributed by atoms with Crippen molar-refractivity contribution in [1.82, 2.24) is 0 Å². The Bertz CT molecular complexity index is 646. The number of hydrogen-bond donors (Lipinski definition) is 1. The first kappa shape index (κ1) is 15.9. The van der Waals surface area contributed by atoms with E-state index in [4.69, 9.17) is 9.29 Å². The van der Waals surface area contributed by atoms with Gasteiger partial charge in [0.15, 0.2) is 9.84 Å². The molecule has 108 valence electrons. The summed E-state index contributed by atoms with van der Waals surface area (Å²) < 4.78 is 61.7. The van der Waals surface area contributed by atoms with E-state index < -0.39 is 32.6 Å². The van der Waals surface area contributed by atoms with Crippen molar-refractivity contribution in [2.24, 2.45) is 0 Å². The molecule has 1 aromatic rings. The third kappa shape index (κ3) is 4.78. The summed E-state index contributed by atoms with van der Waals surface area (Å²) in [6, 6.07) is 4.31. The molecule has 0 radical (unpaired) electrons. The Morgan fingerprint density at radius 1 is 1.21 bits per heavy atom. The van der Waals surface area contributed by atoms with Crippen LogP contribution >= 0.6 is 0 Å². The Hall–Kier alpha value is -1.16. The molecular formula is C10H14O7S2. The number of benzene rings is 1. The molecule has 1 N–H and O–H groups in total. The number of ether oxygens (including phenoxy) is 1. The number of rotatable bonds is 6. The van der Waals surface area contributed by atoms with Crippen LogP contribution in [0.2, 0.25) is 0 Å². The predicted molar refractivity (Wildman–Crippen MR) is 67.3 cm³/mol. The second-order valence-electron chi connectivity index (χ2n) is 3.70. The van der Waals surface area contributed by atoms with Gasteiger partial charge in [0.05, 0.1) is 24.4 Å². The minimum atomic E-state index is -4.64. The molecule has 1 rings (SSSR count). The van der Waals surface area contributed by atoms with Crippen molar-refractivity contribution in [2.45, 2.75) is 11.8 Å². The van der Waals surface area contributed by atoms with Gasteiger partial charge in [0, 0.05) is 0 Å². The largest absolute Gasteiger partial charge is 0.496 e. The summed E-state index contributed by atoms with van der Waals surface area (Å²) in [6.07, 6.45) is 0. The van der Waals surface area contributed by atoms with Crippen molar-refractivity contribution in [3.05, 3.63) is 23.8 Å². The molecule has 0 unspecified atom stereocenters. The molecule has 0 saturated heterocycles. The van der Waals surface area contributed by atoms with Crippen molar-refractivity contribution in [3.63, 3.8) is 0 Å². The first-order valence-electron chi connectivity index (χ1n) is 5.15. The highest BCUT2D eigenvalue weighted by atomic mass is 32.3. The molecule has 0 heterocycles. The van der Waals surface area contributed by atoms with Crippen molar-refractivity contribution >= 4 is 20.2 Å². The molecule has 0 saturated carbocycles. The topological polar surface area (TPSA) is 107 Å². The molecule has 1 aromatic carbocycles. The summed E-state index contributed by atoms with van der Waals surface area (Å²) in [4.78, 5) is -0.00566. The van der Waals surface area contributed by atoms with Crippen molar-refractivity contribution in [2.75, 3.05) is 19.5 Å². The van der Waals surface area contributed by atoms with Gasteiger partial charge in [-0.1, -0.05) is 6.07 Å². The van der Waals surface area contributed by atoms with Crippen LogP contribution in [0.3, 0.4) is 0 Å². The minimum absolute atomic E-state index is 0.00566. The smallest absolute Gasteiger partial charge is 0.397 e. The van der Waals surface area contributed by atoms with Crippen molar-refractivity contribution in [1.29, 1.82) is 0 Å². The van der Waals surface area contributed by atoms with E-state index in [9.17, 15) is 16.8 Å². The summed E-state index contributed by atoms with van der Waals surface area (Å²) >= 11 is 0. The van der Waals surface area contributed by atoms with Crippen molar-refractivity contribution < 1.29 is 30.3 Å². The maximum atomic E-state index is 11.9. The third-order valence-corrected chi connectivity index (χ3v) is 4.46. The van der Waals surface area contributed by atoms with E-state index in [1.165, 1.54) is 19.2 Å². The summed E-state index contributed by atoms with van der Waals surface area (Å²) in [5, 5.41) is 0. The fraction of sp³-hybridized carbons (Fsp3) is 0.400. The number of aryl methyl sites for hydroxylation is 1. The molecule has 0 atom stereocenters. The zero-order valence-electron chi connectivity index (χ0n) is 10.4. The molecule has 0 aliphatic heterocycles. The lowest BCUT2D eigenvalue weighted by molar-refractivity contribution is 0.284. The van der Waals surface area contributed by atoms with Crippen LogP contribution in [0.5, 0.6) is 5.75 Å². The number of hydrogen-bond acceptors (Lipinski definition) is 6. The van der Waals surface area contributed by atoms with Gasteiger partial charge in [-0.3, -0.25) is 4.55 Å². The maximum absolute atomic E-state index is 11.9. The minimum Gasteiger partial charge on any atom is -0.496 e. The van der Waals surface area contributed by atoms with Gasteiger partial charge < -0.3 is 4.74 Å². The van der Waals surface area contributed by atoms with Crippen LogP contribution < -0.4 is 4.74 Å². The summed E-state index contributed by atoms with van der Waals surface area (Å²) in [5.41, 5.74) is 0.774. The summed E-state index contributed by atoms with van der Waals surface area (Å²) in [7, 11) is -6.93. The Balaban J connectivity index is 2.89. The van der Waals surface area contributed by atoms with Gasteiger partial charge in [-0.2, -0.15) is 8.42 Å². The highest BCUT2D eigenvalue weighted by Gasteiger charge is 2.17. The highest BCUT2D eigenvalue weighted by Crippen LogP contribution is 2.22. The van der Waals surface area contributed by atoms with Gasteiger partial charge in [-0.15, -0.1) is 0 Å². The average Bonchev–Trinajstić information content (AvgIpc) is 2.27. The third-order valence-electron chi connectivity index (χ3n) is 2.32. The number of sulfone groups is 1. The zero-order chi connectivity index (χ0) is 14.7. The van der Waals surface area contributed by atoms with E-state index in [0.29, 0.717) is 5.75 Å². The zero-order valence-corrected chi connectivity index (χ0v) is 12.0. The van der Waals surface area contributed by atoms with Gasteiger partial charge in [0.1, 0.15) is 5.75 Å². The lowest BCUT2D eigenvalue weighted by Crippen LogP contribution is -2.15. The second kappa shape index (κ2) is 5.87. The fourth-order valence-corrected chi connectivity index (χ4v) is 2.86. The second-order valence-corrected chi connectivity index (χ2v) is 6.90. The van der Waals surface area contributed by atoms with E-state index >= 15 is 0 Å². The van der Waals surface area contributed by atoms with Gasteiger partial charge in [0.2, 0.25) is 0 Å². The van der Waals surface area contributed by atoms with Gasteiger partial charge in [0.25, 0.3) is 0 Å². The molecule has 0 bridgehead atoms. The van der Waals surface area contributed by atoms with Crippen LogP contribution in [0, 0.1) is 6.92 Å². The average molecular weight is 310 g/mol. The van der Waals surface area contributed by atoms with Gasteiger partial charge in [-0.05, 0) is 24.6 Å².